The number of nitrogens with zero attached hydrogens (tertiary/aromatic N) is 5. The molecule has 5 rings (SSSR count). The molecule has 1 aromatic rings. The second-order valence-corrected chi connectivity index (χ2v) is 13.3. The molecular formula is C29H40N6O6S. The monoisotopic (exact) mass is 600 g/mol. The molecule has 4 aliphatic rings. The van der Waals surface area contributed by atoms with E-state index in [0.29, 0.717) is 25.9 Å². The Bertz CT molecular complexity index is 1250. The van der Waals surface area contributed by atoms with Crippen LogP contribution in [0.1, 0.15) is 63.6 Å². The number of nitriles is 1. The molecule has 3 aliphatic heterocycles. The average Bonchev–Trinajstić information content (AvgIpc) is 3.69. The zero-order valence-corrected chi connectivity index (χ0v) is 25.7. The first kappa shape index (κ1) is 30.6. The van der Waals surface area contributed by atoms with E-state index in [1.165, 1.54) is 10.6 Å². The number of likely N-dealkylation sites (tertiary alicyclic amines) is 3. The van der Waals surface area contributed by atoms with Crippen LogP contribution in [0.5, 0.6) is 0 Å². The number of aryl methyl sites for hydroxylation is 1. The molecule has 0 unspecified atom stereocenters. The number of hydroxylamine groups is 2. The summed E-state index contributed by atoms with van der Waals surface area (Å²) in [4.78, 5) is 51.6. The van der Waals surface area contributed by atoms with E-state index in [2.05, 4.69) is 23.5 Å². The zero-order chi connectivity index (χ0) is 30.2. The van der Waals surface area contributed by atoms with Crippen LogP contribution in [0, 0.1) is 11.3 Å². The van der Waals surface area contributed by atoms with Crippen LogP contribution in [-0.2, 0) is 30.1 Å². The minimum Gasteiger partial charge on any atom is -0.444 e. The normalized spacial score (nSPS) is 26.1. The number of hydrogen-bond acceptors (Lipinski definition) is 10. The van der Waals surface area contributed by atoms with Crippen LogP contribution >= 0.6 is 12.0 Å². The van der Waals surface area contributed by atoms with Gasteiger partial charge in [-0.15, -0.1) is 9.32 Å². The van der Waals surface area contributed by atoms with Crippen molar-refractivity contribution in [1.29, 1.82) is 5.26 Å². The molecule has 1 aliphatic carbocycles. The highest BCUT2D eigenvalue weighted by molar-refractivity contribution is 7.94. The number of nitrogens with one attached hydrogen (secondary N) is 1. The molecule has 13 heteroatoms. The van der Waals surface area contributed by atoms with E-state index >= 15 is 0 Å². The summed E-state index contributed by atoms with van der Waals surface area (Å²) in [5, 5.41) is 13.8. The standard InChI is InChI=1S/C29H40N6O6S/c1-29(2,3)39-28(38)31-23(26(36)34-12-6-7-19(34)15-30)17-33-16-20-14-25(33)27(37)35(20)24-11-8-18-13-21(9-10-22(18)24)42-41-40-32(4)5/h9-10,13,19-20,23-25H,6-8,11-12,14,16-17H2,1-5H3,(H,31,38)/t19-,20-,23-,24+,25-/m0/s1. The quantitative estimate of drug-likeness (QED) is 0.257. The smallest absolute Gasteiger partial charge is 0.408 e. The molecule has 228 valence electrons. The predicted molar refractivity (Wildman–Crippen MR) is 153 cm³/mol. The molecule has 5 atom stereocenters. The number of rotatable bonds is 9. The lowest BCUT2D eigenvalue weighted by atomic mass is 10.1. The Hall–Kier alpha value is -2.89. The lowest BCUT2D eigenvalue weighted by Gasteiger charge is -2.39. The summed E-state index contributed by atoms with van der Waals surface area (Å²) in [6, 6.07) is 6.61. The second-order valence-electron chi connectivity index (χ2n) is 12.6. The number of benzene rings is 1. The number of ether oxygens (including phenoxy) is 1. The minimum absolute atomic E-state index is 0.0148. The number of amides is 3. The number of hydrogen-bond donors (Lipinski definition) is 1. The number of carbonyl (C=O) groups is 3. The molecular weight excluding hydrogens is 560 g/mol. The highest BCUT2D eigenvalue weighted by atomic mass is 32.2. The van der Waals surface area contributed by atoms with Gasteiger partial charge in [0.25, 0.3) is 0 Å². The van der Waals surface area contributed by atoms with Gasteiger partial charge >= 0.3 is 6.09 Å². The maximum atomic E-state index is 13.8. The molecule has 3 amide bonds. The van der Waals surface area contributed by atoms with Gasteiger partial charge in [-0.05, 0) is 76.1 Å². The van der Waals surface area contributed by atoms with E-state index in [-0.39, 0.29) is 36.5 Å². The van der Waals surface area contributed by atoms with Gasteiger partial charge in [0.2, 0.25) is 11.8 Å². The van der Waals surface area contributed by atoms with Crippen molar-refractivity contribution < 1.29 is 28.4 Å². The maximum Gasteiger partial charge on any atom is 0.408 e. The number of carbonyl (C=O) groups excluding carboxylic acids is 3. The van der Waals surface area contributed by atoms with E-state index in [4.69, 9.17) is 14.1 Å². The van der Waals surface area contributed by atoms with Crippen molar-refractivity contribution in [3.63, 3.8) is 0 Å². The topological polar surface area (TPSA) is 128 Å². The summed E-state index contributed by atoms with van der Waals surface area (Å²) in [6.45, 7) is 6.56. The highest BCUT2D eigenvalue weighted by Crippen LogP contribution is 2.44. The van der Waals surface area contributed by atoms with Crippen LogP contribution in [0.3, 0.4) is 0 Å². The second kappa shape index (κ2) is 12.4. The van der Waals surface area contributed by atoms with Gasteiger partial charge in [0, 0.05) is 44.7 Å². The highest BCUT2D eigenvalue weighted by Gasteiger charge is 2.53. The molecule has 1 aromatic carbocycles. The number of fused-ring (bicyclic) bond motifs is 3. The average molecular weight is 601 g/mol. The fourth-order valence-corrected chi connectivity index (χ4v) is 7.11. The summed E-state index contributed by atoms with van der Waals surface area (Å²) >= 11 is 1.15. The van der Waals surface area contributed by atoms with Crippen LogP contribution in [0.2, 0.25) is 0 Å². The van der Waals surface area contributed by atoms with Crippen LogP contribution in [0.25, 0.3) is 0 Å². The molecule has 0 saturated carbocycles. The Morgan fingerprint density at radius 1 is 1.24 bits per heavy atom. The van der Waals surface area contributed by atoms with Crippen LogP contribution < -0.4 is 5.32 Å². The SMILES string of the molecule is CN(C)OOSc1ccc2c(c1)CC[C@H]2N1C(=O)[C@@H]2C[C@H]1CN2C[C@H](NC(=O)OC(C)(C)C)C(=O)N1CCC[C@H]1C#N. The Kier molecular flexibility index (Phi) is 9.01. The van der Waals surface area contributed by atoms with Crippen LogP contribution in [-0.4, -0.2) is 101 Å². The molecule has 42 heavy (non-hydrogen) atoms. The fourth-order valence-electron chi connectivity index (χ4n) is 6.56. The summed E-state index contributed by atoms with van der Waals surface area (Å²) in [6.07, 6.45) is 3.09. The van der Waals surface area contributed by atoms with E-state index < -0.39 is 23.8 Å². The first-order chi connectivity index (χ1) is 19.9. The van der Waals surface area contributed by atoms with Crippen molar-refractivity contribution in [2.45, 2.75) is 93.6 Å². The molecule has 0 aromatic heterocycles. The van der Waals surface area contributed by atoms with Crippen molar-refractivity contribution in [3.05, 3.63) is 29.3 Å². The molecule has 1 N–H and O–H groups in total. The van der Waals surface area contributed by atoms with Crippen molar-refractivity contribution in [2.75, 3.05) is 33.7 Å². The Morgan fingerprint density at radius 3 is 2.71 bits per heavy atom. The van der Waals surface area contributed by atoms with Gasteiger partial charge in [0.05, 0.1) is 30.2 Å². The molecule has 3 fully saturated rings. The first-order valence-corrected chi connectivity index (χ1v) is 15.3. The Labute approximate surface area is 251 Å². The van der Waals surface area contributed by atoms with Crippen molar-refractivity contribution in [1.82, 2.24) is 25.1 Å². The first-order valence-electron chi connectivity index (χ1n) is 14.5. The van der Waals surface area contributed by atoms with Crippen LogP contribution in [0.4, 0.5) is 4.79 Å². The van der Waals surface area contributed by atoms with Crippen LogP contribution in [0.15, 0.2) is 23.1 Å². The van der Waals surface area contributed by atoms with Gasteiger partial charge in [0.1, 0.15) is 17.7 Å². The van der Waals surface area contributed by atoms with Crippen molar-refractivity contribution >= 4 is 30.0 Å². The third kappa shape index (κ3) is 6.53. The summed E-state index contributed by atoms with van der Waals surface area (Å²) in [7, 11) is 3.48. The third-order valence-electron chi connectivity index (χ3n) is 8.21. The lowest BCUT2D eigenvalue weighted by Crippen LogP contribution is -2.59. The minimum atomic E-state index is -0.920. The van der Waals surface area contributed by atoms with E-state index in [0.717, 1.165) is 41.8 Å². The van der Waals surface area contributed by atoms with E-state index in [1.54, 1.807) is 39.8 Å². The third-order valence-corrected chi connectivity index (χ3v) is 8.79. The number of piperazine rings is 1. The fraction of sp³-hybridized carbons (Fsp3) is 0.655. The van der Waals surface area contributed by atoms with Gasteiger partial charge in [-0.25, -0.2) is 4.79 Å². The molecule has 12 nitrogen and oxygen atoms in total. The van der Waals surface area contributed by atoms with Gasteiger partial charge in [-0.2, -0.15) is 10.3 Å². The Morgan fingerprint density at radius 2 is 2.02 bits per heavy atom. The predicted octanol–water partition coefficient (Wildman–Crippen LogP) is 2.80. The lowest BCUT2D eigenvalue weighted by molar-refractivity contribution is -0.340. The maximum absolute atomic E-state index is 13.8. The molecule has 2 bridgehead atoms. The van der Waals surface area contributed by atoms with Gasteiger partial charge in [-0.1, -0.05) is 6.07 Å². The summed E-state index contributed by atoms with van der Waals surface area (Å²) in [5.41, 5.74) is 1.64. The molecule has 0 radical (unpaired) electrons. The zero-order valence-electron chi connectivity index (χ0n) is 24.9. The van der Waals surface area contributed by atoms with E-state index in [1.807, 2.05) is 15.9 Å². The molecule has 3 heterocycles. The summed E-state index contributed by atoms with van der Waals surface area (Å²) < 4.78 is 10.6. The Balaban J connectivity index is 1.26. The van der Waals surface area contributed by atoms with Gasteiger partial charge < -0.3 is 19.9 Å². The summed E-state index contributed by atoms with van der Waals surface area (Å²) in [5.74, 6) is -0.250. The largest absolute Gasteiger partial charge is 0.444 e. The van der Waals surface area contributed by atoms with Gasteiger partial charge in [0.15, 0.2) is 0 Å². The number of alkyl carbamates (subject to hydrolysis) is 1. The molecule has 0 spiro atoms. The van der Waals surface area contributed by atoms with Crippen molar-refractivity contribution in [3.8, 4) is 6.07 Å². The van der Waals surface area contributed by atoms with Gasteiger partial charge in [-0.3, -0.25) is 14.5 Å². The molecule has 3 saturated heterocycles. The van der Waals surface area contributed by atoms with E-state index in [9.17, 15) is 19.6 Å². The van der Waals surface area contributed by atoms with Crippen molar-refractivity contribution in [2.24, 2.45) is 0 Å².